The second kappa shape index (κ2) is 6.50. The number of nitrogens with zero attached hydrogens (tertiary/aromatic N) is 3. The van der Waals surface area contributed by atoms with Crippen LogP contribution in [0.5, 0.6) is 0 Å². The van der Waals surface area contributed by atoms with Gasteiger partial charge in [-0.25, -0.2) is 0 Å². The van der Waals surface area contributed by atoms with Crippen LogP contribution < -0.4 is 5.73 Å². The van der Waals surface area contributed by atoms with Gasteiger partial charge in [0.15, 0.2) is 0 Å². The number of hydrogen-bond acceptors (Lipinski definition) is 4. The monoisotopic (exact) mass is 254 g/mol. The zero-order valence-corrected chi connectivity index (χ0v) is 11.5. The average molecular weight is 254 g/mol. The van der Waals surface area contributed by atoms with Crippen LogP contribution in [0.3, 0.4) is 0 Å². The van der Waals surface area contributed by atoms with Crippen molar-refractivity contribution in [1.82, 2.24) is 14.7 Å². The zero-order chi connectivity index (χ0) is 13.0. The Labute approximate surface area is 110 Å². The first-order valence-electron chi connectivity index (χ1n) is 7.17. The summed E-state index contributed by atoms with van der Waals surface area (Å²) in [6.45, 7) is 9.81. The molecule has 5 heteroatoms. The van der Waals surface area contributed by atoms with E-state index in [4.69, 9.17) is 5.73 Å². The zero-order valence-electron chi connectivity index (χ0n) is 11.5. The lowest BCUT2D eigenvalue weighted by Gasteiger charge is -2.36. The molecule has 104 valence electrons. The van der Waals surface area contributed by atoms with Gasteiger partial charge in [-0.3, -0.25) is 9.69 Å². The van der Waals surface area contributed by atoms with Crippen LogP contribution in [0.4, 0.5) is 0 Å². The highest BCUT2D eigenvalue weighted by Gasteiger charge is 2.23. The molecule has 2 N–H and O–H groups in total. The molecule has 0 aromatic heterocycles. The van der Waals surface area contributed by atoms with Crippen LogP contribution in [0.1, 0.15) is 19.8 Å². The molecule has 0 bridgehead atoms. The Morgan fingerprint density at radius 1 is 1.06 bits per heavy atom. The van der Waals surface area contributed by atoms with Crippen molar-refractivity contribution in [1.29, 1.82) is 0 Å². The molecular formula is C13H26N4O. The molecule has 2 aliphatic heterocycles. The Morgan fingerprint density at radius 2 is 1.61 bits per heavy atom. The molecule has 2 saturated heterocycles. The molecule has 2 aliphatic rings. The van der Waals surface area contributed by atoms with Crippen LogP contribution in [0.15, 0.2) is 0 Å². The minimum Gasteiger partial charge on any atom is -0.341 e. The number of hydrogen-bond donors (Lipinski definition) is 1. The van der Waals surface area contributed by atoms with Crippen LogP contribution in [-0.2, 0) is 4.79 Å². The van der Waals surface area contributed by atoms with Crippen LogP contribution in [0.25, 0.3) is 0 Å². The molecule has 0 aliphatic carbocycles. The second-order valence-electron chi connectivity index (χ2n) is 5.43. The van der Waals surface area contributed by atoms with Gasteiger partial charge in [-0.2, -0.15) is 0 Å². The maximum Gasteiger partial charge on any atom is 0.236 e. The topological polar surface area (TPSA) is 52.8 Å². The smallest absolute Gasteiger partial charge is 0.236 e. The fourth-order valence-corrected chi connectivity index (χ4v) is 2.70. The summed E-state index contributed by atoms with van der Waals surface area (Å²) in [7, 11) is 0. The van der Waals surface area contributed by atoms with Crippen molar-refractivity contribution in [2.24, 2.45) is 5.73 Å². The summed E-state index contributed by atoms with van der Waals surface area (Å²) in [6.07, 6.45) is 1.91. The van der Waals surface area contributed by atoms with Crippen molar-refractivity contribution >= 4 is 5.91 Å². The van der Waals surface area contributed by atoms with Gasteiger partial charge in [0.2, 0.25) is 5.91 Å². The molecule has 0 unspecified atom stereocenters. The van der Waals surface area contributed by atoms with Gasteiger partial charge in [0, 0.05) is 45.3 Å². The van der Waals surface area contributed by atoms with Crippen LogP contribution in [0, 0.1) is 0 Å². The molecule has 18 heavy (non-hydrogen) atoms. The minimum absolute atomic E-state index is 0.284. The Balaban J connectivity index is 1.71. The van der Waals surface area contributed by atoms with E-state index in [1.807, 2.05) is 4.90 Å². The van der Waals surface area contributed by atoms with Crippen LogP contribution in [0.2, 0.25) is 0 Å². The SMILES string of the molecule is CCN1CCN(CC(=O)N2CCC(N)CC2)CC1. The van der Waals surface area contributed by atoms with Crippen LogP contribution >= 0.6 is 0 Å². The summed E-state index contributed by atoms with van der Waals surface area (Å²) in [6, 6.07) is 0.294. The van der Waals surface area contributed by atoms with Gasteiger partial charge in [-0.05, 0) is 19.4 Å². The van der Waals surface area contributed by atoms with Crippen LogP contribution in [-0.4, -0.2) is 79.0 Å². The molecule has 2 rings (SSSR count). The van der Waals surface area contributed by atoms with E-state index in [1.54, 1.807) is 0 Å². The van der Waals surface area contributed by atoms with Crippen molar-refractivity contribution in [2.45, 2.75) is 25.8 Å². The van der Waals surface area contributed by atoms with Crippen molar-refractivity contribution in [2.75, 3.05) is 52.4 Å². The molecule has 0 aromatic carbocycles. The maximum atomic E-state index is 12.2. The van der Waals surface area contributed by atoms with E-state index < -0.39 is 0 Å². The number of piperidine rings is 1. The van der Waals surface area contributed by atoms with Crippen molar-refractivity contribution in [3.8, 4) is 0 Å². The summed E-state index contributed by atoms with van der Waals surface area (Å²) in [5.41, 5.74) is 5.86. The Bertz CT molecular complexity index is 268. The number of rotatable bonds is 3. The molecule has 2 fully saturated rings. The van der Waals surface area contributed by atoms with Gasteiger partial charge in [-0.1, -0.05) is 6.92 Å². The van der Waals surface area contributed by atoms with Crippen molar-refractivity contribution in [3.05, 3.63) is 0 Å². The number of carbonyl (C=O) groups excluding carboxylic acids is 1. The molecule has 1 amide bonds. The highest BCUT2D eigenvalue weighted by molar-refractivity contribution is 5.78. The third kappa shape index (κ3) is 3.67. The summed E-state index contributed by atoms with van der Waals surface area (Å²) < 4.78 is 0. The van der Waals surface area contributed by atoms with E-state index in [2.05, 4.69) is 16.7 Å². The lowest BCUT2D eigenvalue weighted by molar-refractivity contribution is -0.133. The number of nitrogens with two attached hydrogens (primary N) is 1. The minimum atomic E-state index is 0.284. The Kier molecular flexibility index (Phi) is 4.97. The maximum absolute atomic E-state index is 12.2. The van der Waals surface area contributed by atoms with Gasteiger partial charge >= 0.3 is 0 Å². The molecule has 5 nitrogen and oxygen atoms in total. The summed E-state index contributed by atoms with van der Waals surface area (Å²) in [5, 5.41) is 0. The second-order valence-corrected chi connectivity index (χ2v) is 5.43. The van der Waals surface area contributed by atoms with Crippen molar-refractivity contribution in [3.63, 3.8) is 0 Å². The summed E-state index contributed by atoms with van der Waals surface area (Å²) in [4.78, 5) is 18.8. The predicted octanol–water partition coefficient (Wildman–Crippen LogP) is -0.426. The number of likely N-dealkylation sites (N-methyl/N-ethyl adjacent to an activating group) is 1. The van der Waals surface area contributed by atoms with Gasteiger partial charge in [0.25, 0.3) is 0 Å². The quantitative estimate of drug-likeness (QED) is 0.743. The predicted molar refractivity (Wildman–Crippen MR) is 72.3 cm³/mol. The fourth-order valence-electron chi connectivity index (χ4n) is 2.70. The van der Waals surface area contributed by atoms with Gasteiger partial charge in [0.1, 0.15) is 0 Å². The average Bonchev–Trinajstić information content (AvgIpc) is 2.40. The molecule has 0 saturated carbocycles. The first kappa shape index (κ1) is 13.8. The van der Waals surface area contributed by atoms with E-state index in [-0.39, 0.29) is 5.91 Å². The molecule has 0 spiro atoms. The van der Waals surface area contributed by atoms with E-state index in [9.17, 15) is 4.79 Å². The number of piperazine rings is 1. The van der Waals surface area contributed by atoms with E-state index in [0.717, 1.165) is 58.7 Å². The van der Waals surface area contributed by atoms with E-state index in [1.165, 1.54) is 0 Å². The number of likely N-dealkylation sites (tertiary alicyclic amines) is 1. The third-order valence-electron chi connectivity index (χ3n) is 4.16. The lowest BCUT2D eigenvalue weighted by Crippen LogP contribution is -2.51. The first-order valence-corrected chi connectivity index (χ1v) is 7.17. The fraction of sp³-hybridized carbons (Fsp3) is 0.923. The third-order valence-corrected chi connectivity index (χ3v) is 4.16. The normalized spacial score (nSPS) is 24.4. The van der Waals surface area contributed by atoms with Gasteiger partial charge in [0.05, 0.1) is 6.54 Å². The van der Waals surface area contributed by atoms with E-state index >= 15 is 0 Å². The van der Waals surface area contributed by atoms with E-state index in [0.29, 0.717) is 12.6 Å². The van der Waals surface area contributed by atoms with Gasteiger partial charge in [-0.15, -0.1) is 0 Å². The molecule has 0 aromatic rings. The molecule has 2 heterocycles. The summed E-state index contributed by atoms with van der Waals surface area (Å²) in [5.74, 6) is 0.284. The molecule has 0 atom stereocenters. The summed E-state index contributed by atoms with van der Waals surface area (Å²) >= 11 is 0. The first-order chi connectivity index (χ1) is 8.69. The van der Waals surface area contributed by atoms with Gasteiger partial charge < -0.3 is 15.5 Å². The standard InChI is InChI=1S/C13H26N4O/c1-2-15-7-9-16(10-8-15)11-13(18)17-5-3-12(14)4-6-17/h12H,2-11,14H2,1H3. The molecular weight excluding hydrogens is 228 g/mol. The Morgan fingerprint density at radius 3 is 2.17 bits per heavy atom. The lowest BCUT2D eigenvalue weighted by atomic mass is 10.1. The Hall–Kier alpha value is -0.650. The largest absolute Gasteiger partial charge is 0.341 e. The number of amides is 1. The highest BCUT2D eigenvalue weighted by atomic mass is 16.2. The molecule has 0 radical (unpaired) electrons. The van der Waals surface area contributed by atoms with Crippen molar-refractivity contribution < 1.29 is 4.79 Å². The highest BCUT2D eigenvalue weighted by Crippen LogP contribution is 2.09. The number of carbonyl (C=O) groups is 1.